The lowest BCUT2D eigenvalue weighted by Crippen LogP contribution is -2.46. The van der Waals surface area contributed by atoms with Crippen LogP contribution in [0.25, 0.3) is 0 Å². The second-order valence-corrected chi connectivity index (χ2v) is 6.48. The smallest absolute Gasteiger partial charge is 0.318 e. The zero-order valence-electron chi connectivity index (χ0n) is 15.0. The molecule has 0 bridgehead atoms. The molecule has 0 spiro atoms. The minimum absolute atomic E-state index is 0.457. The first kappa shape index (κ1) is 19.6. The van der Waals surface area contributed by atoms with Gasteiger partial charge in [0, 0.05) is 7.05 Å². The Morgan fingerprint density at radius 2 is 1.81 bits per heavy atom. The second kappa shape index (κ2) is 8.12. The average molecular weight is 361 g/mol. The highest BCUT2D eigenvalue weighted by Crippen LogP contribution is 2.41. The summed E-state index contributed by atoms with van der Waals surface area (Å²) in [4.78, 5) is 48.8. The summed E-state index contributed by atoms with van der Waals surface area (Å²) in [6.07, 6.45) is 0.457. The topological polar surface area (TPSA) is 110 Å². The van der Waals surface area contributed by atoms with Crippen LogP contribution in [0.4, 0.5) is 0 Å². The molecular weight excluding hydrogens is 338 g/mol. The van der Waals surface area contributed by atoms with E-state index in [0.29, 0.717) is 6.42 Å². The van der Waals surface area contributed by atoms with Gasteiger partial charge in [-0.3, -0.25) is 19.2 Å². The highest BCUT2D eigenvalue weighted by Gasteiger charge is 2.54. The third-order valence-corrected chi connectivity index (χ3v) is 5.09. The van der Waals surface area contributed by atoms with Crippen LogP contribution in [0.2, 0.25) is 0 Å². The van der Waals surface area contributed by atoms with Crippen LogP contribution in [0.5, 0.6) is 0 Å². The lowest BCUT2D eigenvalue weighted by molar-refractivity contribution is -0.156. The highest BCUT2D eigenvalue weighted by atomic mass is 16.6. The number of aliphatic carboxylic acids is 1. The van der Waals surface area contributed by atoms with Crippen molar-refractivity contribution in [2.75, 3.05) is 7.05 Å². The van der Waals surface area contributed by atoms with Crippen LogP contribution in [0, 0.1) is 23.7 Å². The Hall–Kier alpha value is -2.70. The monoisotopic (exact) mass is 361 g/mol. The number of carboxylic acid groups (broad SMARTS) is 1. The molecule has 1 aromatic carbocycles. The van der Waals surface area contributed by atoms with Crippen LogP contribution < -0.4 is 5.32 Å². The molecule has 0 aliphatic carbocycles. The number of ether oxygens (including phenoxy) is 1. The molecule has 0 aromatic heterocycles. The van der Waals surface area contributed by atoms with Gasteiger partial charge in [0.1, 0.15) is 0 Å². The maximum absolute atomic E-state index is 12.6. The normalized spacial score (nSPS) is 23.0. The number of hydrogen-bond donors (Lipinski definition) is 2. The maximum atomic E-state index is 12.6. The minimum atomic E-state index is -1.21. The number of amides is 1. The van der Waals surface area contributed by atoms with Crippen LogP contribution in [-0.2, 0) is 23.9 Å². The second-order valence-electron chi connectivity index (χ2n) is 6.48. The summed E-state index contributed by atoms with van der Waals surface area (Å²) >= 11 is 0. The molecule has 5 unspecified atom stereocenters. The van der Waals surface area contributed by atoms with E-state index in [1.807, 2.05) is 13.0 Å². The van der Waals surface area contributed by atoms with Gasteiger partial charge in [0.2, 0.25) is 5.91 Å². The van der Waals surface area contributed by atoms with Gasteiger partial charge < -0.3 is 15.2 Å². The molecule has 1 heterocycles. The third kappa shape index (κ3) is 3.61. The largest absolute Gasteiger partial charge is 0.481 e. The zero-order valence-corrected chi connectivity index (χ0v) is 15.0. The van der Waals surface area contributed by atoms with Crippen molar-refractivity contribution in [1.29, 1.82) is 0 Å². The number of nitrogens with one attached hydrogen (secondary N) is 1. The van der Waals surface area contributed by atoms with E-state index in [0.717, 1.165) is 5.56 Å². The number of carboxylic acids is 1. The number of hydrogen-bond acceptors (Lipinski definition) is 5. The first-order valence-corrected chi connectivity index (χ1v) is 8.58. The first-order valence-electron chi connectivity index (χ1n) is 8.58. The van der Waals surface area contributed by atoms with Gasteiger partial charge in [-0.15, -0.1) is 0 Å². The van der Waals surface area contributed by atoms with Gasteiger partial charge in [-0.2, -0.15) is 0 Å². The Morgan fingerprint density at radius 3 is 2.23 bits per heavy atom. The van der Waals surface area contributed by atoms with E-state index in [1.165, 1.54) is 14.0 Å². The van der Waals surface area contributed by atoms with Crippen molar-refractivity contribution < 1.29 is 29.0 Å². The van der Waals surface area contributed by atoms with Gasteiger partial charge in [-0.05, 0) is 17.9 Å². The van der Waals surface area contributed by atoms with Crippen molar-refractivity contribution in [3.8, 4) is 0 Å². The van der Waals surface area contributed by atoms with E-state index >= 15 is 0 Å². The summed E-state index contributed by atoms with van der Waals surface area (Å²) in [7, 11) is 1.38. The molecule has 7 nitrogen and oxygen atoms in total. The summed E-state index contributed by atoms with van der Waals surface area (Å²) in [6.45, 7) is 3.31. The molecule has 1 fully saturated rings. The van der Waals surface area contributed by atoms with Crippen molar-refractivity contribution >= 4 is 23.8 Å². The molecule has 2 N–H and O–H groups in total. The lowest BCUT2D eigenvalue weighted by Gasteiger charge is -2.32. The van der Waals surface area contributed by atoms with Crippen LogP contribution in [0.1, 0.15) is 31.7 Å². The Labute approximate surface area is 151 Å². The number of carbonyl (C=O) groups is 4. The SMILES string of the molecule is CCC(c1ccccc1)C(C(=O)O)C(C(=O)NC)C1C(=O)OC(=O)C1C. The standard InChI is InChI=1S/C19H23NO6/c1-4-12(11-8-6-5-7-9-11)14(17(22)23)15(16(21)20-3)13-10(2)18(24)26-19(13)25/h5-10,12-15H,4H2,1-3H3,(H,20,21)(H,22,23). The number of cyclic esters (lactones) is 2. The number of benzene rings is 1. The predicted molar refractivity (Wildman–Crippen MR) is 91.9 cm³/mol. The summed E-state index contributed by atoms with van der Waals surface area (Å²) in [5, 5.41) is 12.4. The first-order chi connectivity index (χ1) is 12.3. The molecular formula is C19H23NO6. The van der Waals surface area contributed by atoms with Crippen molar-refractivity contribution in [3.63, 3.8) is 0 Å². The van der Waals surface area contributed by atoms with Gasteiger partial charge in [-0.25, -0.2) is 0 Å². The quantitative estimate of drug-likeness (QED) is 0.564. The van der Waals surface area contributed by atoms with E-state index in [2.05, 4.69) is 10.1 Å². The molecule has 140 valence electrons. The summed E-state index contributed by atoms with van der Waals surface area (Å²) in [5.74, 6) is -8.22. The fraction of sp³-hybridized carbons (Fsp3) is 0.474. The fourth-order valence-corrected chi connectivity index (χ4v) is 3.76. The van der Waals surface area contributed by atoms with Crippen LogP contribution in [0.3, 0.4) is 0 Å². The molecule has 1 aliphatic rings. The summed E-state index contributed by atoms with van der Waals surface area (Å²) in [6, 6.07) is 9.00. The highest BCUT2D eigenvalue weighted by molar-refractivity contribution is 6.00. The lowest BCUT2D eigenvalue weighted by atomic mass is 9.68. The summed E-state index contributed by atoms with van der Waals surface area (Å²) < 4.78 is 4.66. The van der Waals surface area contributed by atoms with Crippen molar-refractivity contribution in [2.24, 2.45) is 23.7 Å². The number of carbonyl (C=O) groups excluding carboxylic acids is 3. The average Bonchev–Trinajstić information content (AvgIpc) is 2.87. The van der Waals surface area contributed by atoms with Gasteiger partial charge in [0.05, 0.1) is 23.7 Å². The Kier molecular flexibility index (Phi) is 6.13. The van der Waals surface area contributed by atoms with Crippen molar-refractivity contribution in [1.82, 2.24) is 5.32 Å². The van der Waals surface area contributed by atoms with E-state index < -0.39 is 53.4 Å². The maximum Gasteiger partial charge on any atom is 0.318 e. The van der Waals surface area contributed by atoms with Gasteiger partial charge >= 0.3 is 17.9 Å². The Morgan fingerprint density at radius 1 is 1.19 bits per heavy atom. The van der Waals surface area contributed by atoms with Crippen LogP contribution in [-0.4, -0.2) is 36.0 Å². The third-order valence-electron chi connectivity index (χ3n) is 5.09. The predicted octanol–water partition coefficient (Wildman–Crippen LogP) is 1.58. The zero-order chi connectivity index (χ0) is 19.4. The van der Waals surface area contributed by atoms with Gasteiger partial charge in [-0.1, -0.05) is 44.2 Å². The fourth-order valence-electron chi connectivity index (χ4n) is 3.76. The van der Waals surface area contributed by atoms with Crippen LogP contribution >= 0.6 is 0 Å². The minimum Gasteiger partial charge on any atom is -0.481 e. The molecule has 0 saturated carbocycles. The molecule has 26 heavy (non-hydrogen) atoms. The Bertz CT molecular complexity index is 701. The molecule has 1 saturated heterocycles. The molecule has 7 heteroatoms. The molecule has 2 rings (SSSR count). The molecule has 1 aromatic rings. The summed E-state index contributed by atoms with van der Waals surface area (Å²) in [5.41, 5.74) is 0.765. The van der Waals surface area contributed by atoms with E-state index in [-0.39, 0.29) is 0 Å². The molecule has 5 atom stereocenters. The van der Waals surface area contributed by atoms with Crippen molar-refractivity contribution in [2.45, 2.75) is 26.2 Å². The molecule has 1 amide bonds. The Balaban J connectivity index is 2.54. The number of rotatable bonds is 7. The molecule has 1 aliphatic heterocycles. The van der Waals surface area contributed by atoms with Gasteiger partial charge in [0.25, 0.3) is 0 Å². The van der Waals surface area contributed by atoms with E-state index in [9.17, 15) is 24.3 Å². The van der Waals surface area contributed by atoms with Crippen molar-refractivity contribution in [3.05, 3.63) is 35.9 Å². The molecule has 0 radical (unpaired) electrons. The van der Waals surface area contributed by atoms with Crippen LogP contribution in [0.15, 0.2) is 30.3 Å². The number of esters is 2. The van der Waals surface area contributed by atoms with E-state index in [4.69, 9.17) is 0 Å². The van der Waals surface area contributed by atoms with E-state index in [1.54, 1.807) is 24.3 Å². The van der Waals surface area contributed by atoms with Gasteiger partial charge in [0.15, 0.2) is 0 Å².